The molecular weight excluding hydrogens is 230 g/mol. The largest absolute Gasteiger partial charge is 0.480 e. The molecule has 1 saturated heterocycles. The first-order chi connectivity index (χ1) is 8.66. The number of carbonyl (C=O) groups is 2. The van der Waals surface area contributed by atoms with E-state index in [9.17, 15) is 9.59 Å². The minimum Gasteiger partial charge on any atom is -0.480 e. The van der Waals surface area contributed by atoms with Crippen molar-refractivity contribution in [3.8, 4) is 0 Å². The number of hydrogen-bond donors (Lipinski definition) is 1. The lowest BCUT2D eigenvalue weighted by molar-refractivity contribution is -0.148. The van der Waals surface area contributed by atoms with Gasteiger partial charge in [-0.05, 0) is 19.3 Å². The van der Waals surface area contributed by atoms with Crippen LogP contribution in [0.3, 0.4) is 0 Å². The smallest absolute Gasteiger partial charge is 0.326 e. The number of carbonyl (C=O) groups excluding carboxylic acids is 1. The summed E-state index contributed by atoms with van der Waals surface area (Å²) in [5.74, 6) is -0.834. The Bertz CT molecular complexity index is 278. The monoisotopic (exact) mass is 255 g/mol. The van der Waals surface area contributed by atoms with Crippen molar-refractivity contribution < 1.29 is 14.7 Å². The van der Waals surface area contributed by atoms with Crippen LogP contribution in [0.25, 0.3) is 0 Å². The highest BCUT2D eigenvalue weighted by molar-refractivity contribution is 5.84. The van der Waals surface area contributed by atoms with Crippen molar-refractivity contribution in [1.29, 1.82) is 0 Å². The maximum Gasteiger partial charge on any atom is 0.326 e. The Labute approximate surface area is 109 Å². The van der Waals surface area contributed by atoms with E-state index in [0.717, 1.165) is 19.3 Å². The fourth-order valence-electron chi connectivity index (χ4n) is 2.52. The summed E-state index contributed by atoms with van der Waals surface area (Å²) in [4.78, 5) is 24.4. The average Bonchev–Trinajstić information content (AvgIpc) is 2.82. The van der Waals surface area contributed by atoms with E-state index < -0.39 is 12.0 Å². The Morgan fingerprint density at radius 2 is 1.83 bits per heavy atom. The van der Waals surface area contributed by atoms with Gasteiger partial charge in [-0.3, -0.25) is 4.79 Å². The Morgan fingerprint density at radius 1 is 1.17 bits per heavy atom. The topological polar surface area (TPSA) is 57.6 Å². The van der Waals surface area contributed by atoms with Crippen LogP contribution in [0.2, 0.25) is 0 Å². The van der Waals surface area contributed by atoms with Gasteiger partial charge in [0.2, 0.25) is 5.91 Å². The molecule has 18 heavy (non-hydrogen) atoms. The van der Waals surface area contributed by atoms with E-state index in [1.807, 2.05) is 0 Å². The summed E-state index contributed by atoms with van der Waals surface area (Å²) in [6.07, 6.45) is 8.83. The SMILES string of the molecule is CCCCCCCCC(=O)N1CCC[C@H]1C(=O)O. The van der Waals surface area contributed by atoms with Crippen molar-refractivity contribution in [2.75, 3.05) is 6.54 Å². The zero-order chi connectivity index (χ0) is 13.4. The first kappa shape index (κ1) is 15.0. The van der Waals surface area contributed by atoms with Crippen molar-refractivity contribution in [3.05, 3.63) is 0 Å². The van der Waals surface area contributed by atoms with Crippen LogP contribution >= 0.6 is 0 Å². The summed E-state index contributed by atoms with van der Waals surface area (Å²) < 4.78 is 0. The molecule has 104 valence electrons. The summed E-state index contributed by atoms with van der Waals surface area (Å²) in [5.41, 5.74) is 0. The van der Waals surface area contributed by atoms with Crippen LogP contribution in [0.1, 0.15) is 64.7 Å². The predicted octanol–water partition coefficient (Wildman–Crippen LogP) is 2.81. The van der Waals surface area contributed by atoms with E-state index in [0.29, 0.717) is 19.4 Å². The zero-order valence-electron chi connectivity index (χ0n) is 11.4. The van der Waals surface area contributed by atoms with Gasteiger partial charge in [-0.25, -0.2) is 4.79 Å². The van der Waals surface area contributed by atoms with Gasteiger partial charge in [-0.1, -0.05) is 39.0 Å². The van der Waals surface area contributed by atoms with Crippen LogP contribution in [-0.4, -0.2) is 34.5 Å². The van der Waals surface area contributed by atoms with Gasteiger partial charge in [0, 0.05) is 13.0 Å². The quantitative estimate of drug-likeness (QED) is 0.678. The van der Waals surface area contributed by atoms with E-state index in [-0.39, 0.29) is 5.91 Å². The number of aliphatic carboxylic acids is 1. The third kappa shape index (κ3) is 4.67. The molecule has 0 radical (unpaired) electrons. The van der Waals surface area contributed by atoms with Crippen molar-refractivity contribution in [2.45, 2.75) is 70.8 Å². The Morgan fingerprint density at radius 3 is 2.50 bits per heavy atom. The van der Waals surface area contributed by atoms with Crippen LogP contribution in [0.15, 0.2) is 0 Å². The molecule has 1 fully saturated rings. The van der Waals surface area contributed by atoms with Crippen molar-refractivity contribution in [1.82, 2.24) is 4.90 Å². The van der Waals surface area contributed by atoms with Crippen molar-refractivity contribution in [3.63, 3.8) is 0 Å². The van der Waals surface area contributed by atoms with E-state index in [4.69, 9.17) is 5.11 Å². The van der Waals surface area contributed by atoms with Crippen molar-refractivity contribution in [2.24, 2.45) is 0 Å². The second kappa shape index (κ2) is 8.11. The summed E-state index contributed by atoms with van der Waals surface area (Å²) in [6, 6.07) is -0.572. The zero-order valence-corrected chi connectivity index (χ0v) is 11.4. The third-order valence-corrected chi connectivity index (χ3v) is 3.60. The van der Waals surface area contributed by atoms with E-state index in [1.165, 1.54) is 25.7 Å². The van der Waals surface area contributed by atoms with Crippen LogP contribution in [0.5, 0.6) is 0 Å². The first-order valence-corrected chi connectivity index (χ1v) is 7.19. The highest BCUT2D eigenvalue weighted by Crippen LogP contribution is 2.19. The standard InChI is InChI=1S/C14H25NO3/c1-2-3-4-5-6-7-10-13(16)15-11-8-9-12(15)14(17)18/h12H,2-11H2,1H3,(H,17,18)/t12-/m0/s1. The average molecular weight is 255 g/mol. The molecule has 0 aromatic carbocycles. The van der Waals surface area contributed by atoms with E-state index in [2.05, 4.69) is 6.92 Å². The molecule has 0 saturated carbocycles. The van der Waals surface area contributed by atoms with Crippen LogP contribution in [0.4, 0.5) is 0 Å². The van der Waals surface area contributed by atoms with Crippen molar-refractivity contribution >= 4 is 11.9 Å². The molecule has 1 atom stereocenters. The number of amides is 1. The van der Waals surface area contributed by atoms with Gasteiger partial charge in [0.25, 0.3) is 0 Å². The molecule has 1 rings (SSSR count). The van der Waals surface area contributed by atoms with Crippen LogP contribution in [0, 0.1) is 0 Å². The maximum absolute atomic E-state index is 11.9. The Kier molecular flexibility index (Phi) is 6.76. The molecule has 4 heteroatoms. The second-order valence-corrected chi connectivity index (χ2v) is 5.10. The molecule has 0 bridgehead atoms. The Balaban J connectivity index is 2.18. The second-order valence-electron chi connectivity index (χ2n) is 5.10. The maximum atomic E-state index is 11.9. The van der Waals surface area contributed by atoms with Gasteiger partial charge in [0.1, 0.15) is 6.04 Å². The molecule has 0 unspecified atom stereocenters. The molecule has 0 spiro atoms. The lowest BCUT2D eigenvalue weighted by Crippen LogP contribution is -2.40. The summed E-state index contributed by atoms with van der Waals surface area (Å²) in [7, 11) is 0. The molecule has 1 aliphatic rings. The highest BCUT2D eigenvalue weighted by Gasteiger charge is 2.33. The molecule has 1 heterocycles. The van der Waals surface area contributed by atoms with E-state index in [1.54, 1.807) is 4.90 Å². The highest BCUT2D eigenvalue weighted by atomic mass is 16.4. The molecule has 1 N–H and O–H groups in total. The van der Waals surface area contributed by atoms with Crippen LogP contribution in [-0.2, 0) is 9.59 Å². The fourth-order valence-corrected chi connectivity index (χ4v) is 2.52. The normalized spacial score (nSPS) is 19.2. The molecular formula is C14H25NO3. The summed E-state index contributed by atoms with van der Waals surface area (Å²) >= 11 is 0. The number of nitrogens with zero attached hydrogens (tertiary/aromatic N) is 1. The Hall–Kier alpha value is -1.06. The number of unbranched alkanes of at least 4 members (excludes halogenated alkanes) is 5. The first-order valence-electron chi connectivity index (χ1n) is 7.19. The van der Waals surface area contributed by atoms with Gasteiger partial charge >= 0.3 is 5.97 Å². The summed E-state index contributed by atoms with van der Waals surface area (Å²) in [5, 5.41) is 9.01. The van der Waals surface area contributed by atoms with Gasteiger partial charge < -0.3 is 10.0 Å². The lowest BCUT2D eigenvalue weighted by atomic mass is 10.1. The molecule has 0 aromatic heterocycles. The number of carboxylic acids is 1. The number of likely N-dealkylation sites (tertiary alicyclic amines) is 1. The number of rotatable bonds is 8. The van der Waals surface area contributed by atoms with Gasteiger partial charge in [0.15, 0.2) is 0 Å². The lowest BCUT2D eigenvalue weighted by Gasteiger charge is -2.21. The van der Waals surface area contributed by atoms with Gasteiger partial charge in [-0.2, -0.15) is 0 Å². The van der Waals surface area contributed by atoms with Gasteiger partial charge in [0.05, 0.1) is 0 Å². The fraction of sp³-hybridized carbons (Fsp3) is 0.857. The minimum atomic E-state index is -0.858. The van der Waals surface area contributed by atoms with E-state index >= 15 is 0 Å². The molecule has 1 aliphatic heterocycles. The minimum absolute atomic E-state index is 0.0235. The van der Waals surface area contributed by atoms with Gasteiger partial charge in [-0.15, -0.1) is 0 Å². The number of hydrogen-bond acceptors (Lipinski definition) is 2. The third-order valence-electron chi connectivity index (χ3n) is 3.60. The predicted molar refractivity (Wildman–Crippen MR) is 70.4 cm³/mol. The van der Waals surface area contributed by atoms with Crippen LogP contribution < -0.4 is 0 Å². The molecule has 0 aromatic rings. The number of carboxylic acid groups (broad SMARTS) is 1. The molecule has 1 amide bonds. The molecule has 4 nitrogen and oxygen atoms in total. The molecule has 0 aliphatic carbocycles. The summed E-state index contributed by atoms with van der Waals surface area (Å²) in [6.45, 7) is 2.80.